The van der Waals surface area contributed by atoms with Gasteiger partial charge in [0.2, 0.25) is 5.88 Å². The third kappa shape index (κ3) is 8.04. The lowest BCUT2D eigenvalue weighted by Gasteiger charge is -2.24. The molecule has 2 heterocycles. The fourth-order valence-electron chi connectivity index (χ4n) is 3.39. The summed E-state index contributed by atoms with van der Waals surface area (Å²) in [7, 11) is 0. The van der Waals surface area contributed by atoms with Gasteiger partial charge in [0.05, 0.1) is 13.1 Å². The van der Waals surface area contributed by atoms with Crippen molar-refractivity contribution < 1.29 is 14.3 Å². The average Bonchev–Trinajstić information content (AvgIpc) is 3.14. The van der Waals surface area contributed by atoms with Crippen molar-refractivity contribution in [2.45, 2.75) is 46.4 Å². The number of pyridine rings is 1. The number of guanidine groups is 1. The van der Waals surface area contributed by atoms with Gasteiger partial charge in [-0.15, -0.1) is 24.0 Å². The zero-order valence-electron chi connectivity index (χ0n) is 19.6. The predicted octanol–water partition coefficient (Wildman–Crippen LogP) is 4.45. The summed E-state index contributed by atoms with van der Waals surface area (Å²) >= 11 is 0. The number of nitrogens with zero attached hydrogens (tertiary/aromatic N) is 2. The molecule has 7 nitrogen and oxygen atoms in total. The maximum absolute atomic E-state index is 10.9. The highest BCUT2D eigenvalue weighted by molar-refractivity contribution is 14.0. The number of hydrogen-bond acceptors (Lipinski definition) is 5. The van der Waals surface area contributed by atoms with Gasteiger partial charge in [-0.1, -0.05) is 30.3 Å². The quantitative estimate of drug-likeness (QED) is 0.202. The number of aromatic nitrogens is 1. The summed E-state index contributed by atoms with van der Waals surface area (Å²) in [6.07, 6.45) is 1.72. The molecule has 0 amide bonds. The molecule has 0 bridgehead atoms. The zero-order chi connectivity index (χ0) is 23.0. The van der Waals surface area contributed by atoms with Crippen LogP contribution in [0.3, 0.4) is 0 Å². The van der Waals surface area contributed by atoms with Gasteiger partial charge in [-0.3, -0.25) is 0 Å². The summed E-state index contributed by atoms with van der Waals surface area (Å²) in [4.78, 5) is 8.93. The summed E-state index contributed by atoms with van der Waals surface area (Å²) in [6, 6.07) is 15.7. The van der Waals surface area contributed by atoms with Crippen LogP contribution in [0.5, 0.6) is 5.88 Å². The van der Waals surface area contributed by atoms with Crippen LogP contribution in [0.25, 0.3) is 0 Å². The molecule has 0 saturated heterocycles. The zero-order valence-corrected chi connectivity index (χ0v) is 21.9. The summed E-state index contributed by atoms with van der Waals surface area (Å²) in [5, 5.41) is 17.4. The molecule has 0 spiro atoms. The van der Waals surface area contributed by atoms with Gasteiger partial charge in [0.1, 0.15) is 23.7 Å². The number of nitrogens with one attached hydrogen (secondary N) is 2. The van der Waals surface area contributed by atoms with E-state index in [0.717, 1.165) is 28.2 Å². The Bertz CT molecular complexity index is 1040. The van der Waals surface area contributed by atoms with Crippen LogP contribution in [-0.2, 0) is 18.8 Å². The first-order valence-corrected chi connectivity index (χ1v) is 10.8. The van der Waals surface area contributed by atoms with Crippen LogP contribution in [0.4, 0.5) is 0 Å². The van der Waals surface area contributed by atoms with E-state index in [1.807, 2.05) is 69.3 Å². The number of benzene rings is 1. The lowest BCUT2D eigenvalue weighted by Crippen LogP contribution is -2.44. The molecule has 33 heavy (non-hydrogen) atoms. The number of aryl methyl sites for hydroxylation is 2. The van der Waals surface area contributed by atoms with E-state index in [9.17, 15) is 5.11 Å². The van der Waals surface area contributed by atoms with Crippen molar-refractivity contribution in [3.8, 4) is 5.88 Å². The number of aliphatic imine (C=N–C) groups is 1. The van der Waals surface area contributed by atoms with Crippen molar-refractivity contribution in [3.05, 3.63) is 82.9 Å². The molecule has 8 heteroatoms. The third-order valence-electron chi connectivity index (χ3n) is 5.01. The molecule has 178 valence electrons. The molecule has 0 fully saturated rings. The average molecular weight is 564 g/mol. The van der Waals surface area contributed by atoms with Crippen LogP contribution in [0.1, 0.15) is 42.1 Å². The lowest BCUT2D eigenvalue weighted by atomic mass is 9.96. The van der Waals surface area contributed by atoms with Gasteiger partial charge in [-0.2, -0.15) is 0 Å². The van der Waals surface area contributed by atoms with Gasteiger partial charge in [0.25, 0.3) is 0 Å². The summed E-state index contributed by atoms with van der Waals surface area (Å²) in [5.41, 5.74) is 1.75. The molecule has 3 rings (SSSR count). The molecule has 1 aromatic carbocycles. The fourth-order valence-corrected chi connectivity index (χ4v) is 3.39. The van der Waals surface area contributed by atoms with Gasteiger partial charge in [-0.05, 0) is 51.0 Å². The highest BCUT2D eigenvalue weighted by Gasteiger charge is 2.27. The fraction of sp³-hybridized carbons (Fsp3) is 0.360. The van der Waals surface area contributed by atoms with Crippen molar-refractivity contribution in [2.75, 3.05) is 13.1 Å². The van der Waals surface area contributed by atoms with Crippen LogP contribution >= 0.6 is 24.0 Å². The summed E-state index contributed by atoms with van der Waals surface area (Å²) < 4.78 is 11.4. The van der Waals surface area contributed by atoms with Crippen LogP contribution in [-0.4, -0.2) is 29.1 Å². The molecule has 0 aliphatic rings. The normalized spacial score (nSPS) is 13.1. The number of hydrogen-bond donors (Lipinski definition) is 3. The summed E-state index contributed by atoms with van der Waals surface area (Å²) in [5.74, 6) is 2.68. The van der Waals surface area contributed by atoms with Crippen LogP contribution < -0.4 is 15.4 Å². The lowest BCUT2D eigenvalue weighted by molar-refractivity contribution is 0.0601. The van der Waals surface area contributed by atoms with Gasteiger partial charge >= 0.3 is 0 Å². The molecule has 0 radical (unpaired) electrons. The van der Waals surface area contributed by atoms with E-state index in [2.05, 4.69) is 20.6 Å². The minimum absolute atomic E-state index is 0. The first-order chi connectivity index (χ1) is 15.4. The monoisotopic (exact) mass is 564 g/mol. The molecule has 0 aliphatic carbocycles. The van der Waals surface area contributed by atoms with Gasteiger partial charge in [0, 0.05) is 24.4 Å². The maximum atomic E-state index is 10.9. The Morgan fingerprint density at radius 3 is 2.55 bits per heavy atom. The second-order valence-electron chi connectivity index (χ2n) is 7.93. The van der Waals surface area contributed by atoms with Crippen molar-refractivity contribution in [1.29, 1.82) is 0 Å². The van der Waals surface area contributed by atoms with Gasteiger partial charge in [0.15, 0.2) is 5.96 Å². The number of rotatable bonds is 9. The van der Waals surface area contributed by atoms with Crippen LogP contribution in [0.2, 0.25) is 0 Å². The Balaban J connectivity index is 0.00000385. The molecule has 0 saturated carbocycles. The van der Waals surface area contributed by atoms with Crippen molar-refractivity contribution in [3.63, 3.8) is 0 Å². The van der Waals surface area contributed by atoms with Crippen LogP contribution in [0.15, 0.2) is 64.1 Å². The van der Waals surface area contributed by atoms with E-state index in [0.29, 0.717) is 38.1 Å². The molecular formula is C25H33IN4O3. The standard InChI is InChI=1S/C25H32N4O3.HI/c1-5-26-24(29-17-25(4,30)22-13-18(2)32-19(22)3)28-15-21-11-12-27-23(14-21)31-16-20-9-7-6-8-10-20;/h6-14,30H,5,15-17H2,1-4H3,(H2,26,28,29);1H. The molecular weight excluding hydrogens is 531 g/mol. The van der Waals surface area contributed by atoms with Crippen molar-refractivity contribution in [2.24, 2.45) is 4.99 Å². The Labute approximate surface area is 212 Å². The second kappa shape index (κ2) is 12.6. The second-order valence-corrected chi connectivity index (χ2v) is 7.93. The number of ether oxygens (including phenoxy) is 1. The highest BCUT2D eigenvalue weighted by Crippen LogP contribution is 2.26. The molecule has 1 atom stereocenters. The largest absolute Gasteiger partial charge is 0.473 e. The number of furan rings is 1. The van der Waals surface area contributed by atoms with E-state index < -0.39 is 5.60 Å². The topological polar surface area (TPSA) is 91.9 Å². The number of halogens is 1. The van der Waals surface area contributed by atoms with E-state index >= 15 is 0 Å². The van der Waals surface area contributed by atoms with E-state index in [4.69, 9.17) is 9.15 Å². The van der Waals surface area contributed by atoms with E-state index in [1.54, 1.807) is 13.1 Å². The SMILES string of the molecule is CCNC(=NCc1ccnc(OCc2ccccc2)c1)NCC(C)(O)c1cc(C)oc1C.I. The number of aliphatic hydroxyl groups is 1. The molecule has 0 aliphatic heterocycles. The minimum Gasteiger partial charge on any atom is -0.473 e. The smallest absolute Gasteiger partial charge is 0.213 e. The Morgan fingerprint density at radius 2 is 1.88 bits per heavy atom. The third-order valence-corrected chi connectivity index (χ3v) is 5.01. The van der Waals surface area contributed by atoms with Crippen molar-refractivity contribution in [1.82, 2.24) is 15.6 Å². The molecule has 1 unspecified atom stereocenters. The Morgan fingerprint density at radius 1 is 1.12 bits per heavy atom. The summed E-state index contributed by atoms with van der Waals surface area (Å²) in [6.45, 7) is 9.41. The molecule has 3 N–H and O–H groups in total. The molecule has 3 aromatic rings. The van der Waals surface area contributed by atoms with E-state index in [1.165, 1.54) is 0 Å². The Hall–Kier alpha value is -2.59. The first kappa shape index (κ1) is 26.7. The van der Waals surface area contributed by atoms with E-state index in [-0.39, 0.29) is 24.0 Å². The first-order valence-electron chi connectivity index (χ1n) is 10.8. The maximum Gasteiger partial charge on any atom is 0.213 e. The highest BCUT2D eigenvalue weighted by atomic mass is 127. The predicted molar refractivity (Wildman–Crippen MR) is 141 cm³/mol. The Kier molecular flexibility index (Phi) is 10.2. The molecule has 2 aromatic heterocycles. The van der Waals surface area contributed by atoms with Crippen LogP contribution in [0, 0.1) is 13.8 Å². The van der Waals surface area contributed by atoms with Gasteiger partial charge in [-0.25, -0.2) is 9.98 Å². The van der Waals surface area contributed by atoms with Gasteiger partial charge < -0.3 is 24.9 Å². The minimum atomic E-state index is -1.09. The van der Waals surface area contributed by atoms with Crippen molar-refractivity contribution >= 4 is 29.9 Å².